The third kappa shape index (κ3) is 3.71. The maximum atomic E-state index is 12.6. The summed E-state index contributed by atoms with van der Waals surface area (Å²) in [6.45, 7) is 9.37. The summed E-state index contributed by atoms with van der Waals surface area (Å²) in [6.07, 6.45) is 0. The molecule has 150 valence electrons. The van der Waals surface area contributed by atoms with E-state index < -0.39 is 0 Å². The van der Waals surface area contributed by atoms with E-state index in [0.717, 1.165) is 52.8 Å². The van der Waals surface area contributed by atoms with Gasteiger partial charge in [0.2, 0.25) is 0 Å². The van der Waals surface area contributed by atoms with Gasteiger partial charge in [0.25, 0.3) is 5.56 Å². The van der Waals surface area contributed by atoms with Crippen LogP contribution in [-0.4, -0.2) is 45.9 Å². The van der Waals surface area contributed by atoms with Gasteiger partial charge in [-0.2, -0.15) is 5.26 Å². The van der Waals surface area contributed by atoms with Gasteiger partial charge in [0.1, 0.15) is 16.7 Å². The zero-order chi connectivity index (χ0) is 20.5. The molecule has 2 aromatic heterocycles. The van der Waals surface area contributed by atoms with Crippen LogP contribution in [0.25, 0.3) is 10.2 Å². The first-order valence-electron chi connectivity index (χ1n) is 9.92. The molecule has 6 nitrogen and oxygen atoms in total. The van der Waals surface area contributed by atoms with Crippen molar-refractivity contribution in [2.75, 3.05) is 26.2 Å². The molecule has 0 saturated carbocycles. The van der Waals surface area contributed by atoms with Crippen LogP contribution in [0.1, 0.15) is 40.8 Å². The van der Waals surface area contributed by atoms with Crippen LogP contribution in [0.2, 0.25) is 0 Å². The number of thiophene rings is 1. The first-order chi connectivity index (χ1) is 14.0. The summed E-state index contributed by atoms with van der Waals surface area (Å²) < 4.78 is 0. The van der Waals surface area contributed by atoms with E-state index >= 15 is 0 Å². The third-order valence-electron chi connectivity index (χ3n) is 5.95. The highest BCUT2D eigenvalue weighted by molar-refractivity contribution is 7.18. The number of aromatic amines is 1. The lowest BCUT2D eigenvalue weighted by molar-refractivity contribution is 0.0849. The molecule has 0 aliphatic carbocycles. The van der Waals surface area contributed by atoms with Gasteiger partial charge >= 0.3 is 0 Å². The Morgan fingerprint density at radius 3 is 2.45 bits per heavy atom. The van der Waals surface area contributed by atoms with Crippen molar-refractivity contribution in [1.82, 2.24) is 19.8 Å². The number of hydrogen-bond donors (Lipinski definition) is 1. The van der Waals surface area contributed by atoms with Crippen molar-refractivity contribution in [3.63, 3.8) is 0 Å². The number of rotatable bonds is 4. The normalized spacial score (nSPS) is 17.9. The standard InChI is InChI=1S/C22H25N5OS/c1-14-16(3)29-22-19(14)21(28)24-20(25-22)15(2)26-9-11-27(12-10-26)18(13-23)17-7-5-4-6-8-17/h4-8,15,18H,9-12H2,1-3H3,(H,24,25,28). The Kier molecular flexibility index (Phi) is 5.50. The first-order valence-corrected chi connectivity index (χ1v) is 10.7. The molecule has 2 unspecified atom stereocenters. The van der Waals surface area contributed by atoms with Crippen LogP contribution in [0, 0.1) is 25.2 Å². The van der Waals surface area contributed by atoms with Gasteiger partial charge in [-0.05, 0) is 31.9 Å². The van der Waals surface area contributed by atoms with Crippen molar-refractivity contribution < 1.29 is 0 Å². The van der Waals surface area contributed by atoms with Crippen LogP contribution in [-0.2, 0) is 0 Å². The number of hydrogen-bond acceptors (Lipinski definition) is 6. The molecule has 29 heavy (non-hydrogen) atoms. The molecule has 3 heterocycles. The van der Waals surface area contributed by atoms with E-state index in [0.29, 0.717) is 5.39 Å². The number of aryl methyl sites for hydroxylation is 2. The van der Waals surface area contributed by atoms with Crippen molar-refractivity contribution in [1.29, 1.82) is 5.26 Å². The summed E-state index contributed by atoms with van der Waals surface area (Å²) in [5.41, 5.74) is 2.01. The molecule has 1 aromatic carbocycles. The Morgan fingerprint density at radius 1 is 1.14 bits per heavy atom. The van der Waals surface area contributed by atoms with Crippen molar-refractivity contribution in [3.05, 3.63) is 62.5 Å². The lowest BCUT2D eigenvalue weighted by Crippen LogP contribution is -2.48. The molecule has 1 fully saturated rings. The monoisotopic (exact) mass is 407 g/mol. The van der Waals surface area contributed by atoms with Gasteiger partial charge in [0.15, 0.2) is 0 Å². The summed E-state index contributed by atoms with van der Waals surface area (Å²) >= 11 is 1.58. The Hall–Kier alpha value is -2.53. The van der Waals surface area contributed by atoms with Crippen molar-refractivity contribution >= 4 is 21.6 Å². The van der Waals surface area contributed by atoms with E-state index in [1.165, 1.54) is 0 Å². The Bertz CT molecular complexity index is 1110. The molecule has 7 heteroatoms. The molecule has 0 spiro atoms. The van der Waals surface area contributed by atoms with Crippen LogP contribution < -0.4 is 5.56 Å². The number of fused-ring (bicyclic) bond motifs is 1. The van der Waals surface area contributed by atoms with E-state index in [2.05, 4.69) is 27.8 Å². The molecule has 1 saturated heterocycles. The smallest absolute Gasteiger partial charge is 0.259 e. The molecule has 0 amide bonds. The number of benzene rings is 1. The molecule has 1 N–H and O–H groups in total. The number of aromatic nitrogens is 2. The van der Waals surface area contributed by atoms with E-state index in [4.69, 9.17) is 4.98 Å². The maximum Gasteiger partial charge on any atom is 0.259 e. The molecule has 0 radical (unpaired) electrons. The number of H-pyrrole nitrogens is 1. The van der Waals surface area contributed by atoms with Crippen LogP contribution >= 0.6 is 11.3 Å². The summed E-state index contributed by atoms with van der Waals surface area (Å²) in [7, 11) is 0. The molecular formula is C22H25N5OS. The fourth-order valence-electron chi connectivity index (χ4n) is 4.03. The van der Waals surface area contributed by atoms with E-state index in [-0.39, 0.29) is 17.6 Å². The Balaban J connectivity index is 1.49. The summed E-state index contributed by atoms with van der Waals surface area (Å²) in [5.74, 6) is 0.720. The largest absolute Gasteiger partial charge is 0.309 e. The minimum absolute atomic E-state index is 0.0224. The highest BCUT2D eigenvalue weighted by atomic mass is 32.1. The predicted octanol–water partition coefficient (Wildman–Crippen LogP) is 3.54. The van der Waals surface area contributed by atoms with Crippen molar-refractivity contribution in [2.45, 2.75) is 32.9 Å². The minimum Gasteiger partial charge on any atom is -0.309 e. The summed E-state index contributed by atoms with van der Waals surface area (Å²) in [5, 5.41) is 10.4. The van der Waals surface area contributed by atoms with E-state index in [9.17, 15) is 10.1 Å². The fraction of sp³-hybridized carbons (Fsp3) is 0.409. The number of nitrogens with one attached hydrogen (secondary N) is 1. The van der Waals surface area contributed by atoms with E-state index in [1.54, 1.807) is 11.3 Å². The topological polar surface area (TPSA) is 76.0 Å². The van der Waals surface area contributed by atoms with Crippen molar-refractivity contribution in [3.8, 4) is 6.07 Å². The highest BCUT2D eigenvalue weighted by Gasteiger charge is 2.28. The second kappa shape index (κ2) is 8.07. The molecule has 0 bridgehead atoms. The van der Waals surface area contributed by atoms with Crippen LogP contribution in [0.3, 0.4) is 0 Å². The maximum absolute atomic E-state index is 12.6. The highest BCUT2D eigenvalue weighted by Crippen LogP contribution is 2.28. The van der Waals surface area contributed by atoms with Crippen molar-refractivity contribution in [2.24, 2.45) is 0 Å². The van der Waals surface area contributed by atoms with Gasteiger partial charge in [-0.25, -0.2) is 4.98 Å². The zero-order valence-electron chi connectivity index (χ0n) is 17.0. The minimum atomic E-state index is -0.222. The summed E-state index contributed by atoms with van der Waals surface area (Å²) in [4.78, 5) is 26.9. The SMILES string of the molecule is Cc1sc2nc(C(C)N3CCN(C(C#N)c4ccccc4)CC3)[nH]c(=O)c2c1C. The van der Waals surface area contributed by atoms with Crippen LogP contribution in [0.5, 0.6) is 0 Å². The second-order valence-electron chi connectivity index (χ2n) is 7.60. The van der Waals surface area contributed by atoms with Gasteiger partial charge < -0.3 is 4.98 Å². The van der Waals surface area contributed by atoms with E-state index in [1.807, 2.05) is 44.2 Å². The molecule has 4 rings (SSSR count). The lowest BCUT2D eigenvalue weighted by Gasteiger charge is -2.39. The Labute approximate surface area is 174 Å². The molecule has 3 aromatic rings. The lowest BCUT2D eigenvalue weighted by atomic mass is 10.1. The molecule has 2 atom stereocenters. The fourth-order valence-corrected chi connectivity index (χ4v) is 5.06. The van der Waals surface area contributed by atoms with Gasteiger partial charge in [0, 0.05) is 31.1 Å². The molecule has 1 aliphatic rings. The van der Waals surface area contributed by atoms with Gasteiger partial charge in [-0.1, -0.05) is 30.3 Å². The average Bonchev–Trinajstić information content (AvgIpc) is 3.03. The van der Waals surface area contributed by atoms with Crippen LogP contribution in [0.15, 0.2) is 35.1 Å². The van der Waals surface area contributed by atoms with Crippen LogP contribution in [0.4, 0.5) is 0 Å². The number of piperazine rings is 1. The average molecular weight is 408 g/mol. The molecular weight excluding hydrogens is 382 g/mol. The first kappa shape index (κ1) is 19.8. The number of nitriles is 1. The summed E-state index contributed by atoms with van der Waals surface area (Å²) in [6, 6.07) is 12.2. The van der Waals surface area contributed by atoms with Gasteiger partial charge in [-0.3, -0.25) is 14.6 Å². The second-order valence-corrected chi connectivity index (χ2v) is 8.81. The third-order valence-corrected chi connectivity index (χ3v) is 7.05. The quantitative estimate of drug-likeness (QED) is 0.716. The zero-order valence-corrected chi connectivity index (χ0v) is 17.8. The predicted molar refractivity (Wildman–Crippen MR) is 116 cm³/mol. The Morgan fingerprint density at radius 2 is 1.79 bits per heavy atom. The number of nitrogens with zero attached hydrogens (tertiary/aromatic N) is 4. The van der Waals surface area contributed by atoms with Gasteiger partial charge in [-0.15, -0.1) is 11.3 Å². The molecule has 1 aliphatic heterocycles. The van der Waals surface area contributed by atoms with Gasteiger partial charge in [0.05, 0.1) is 17.5 Å².